The van der Waals surface area contributed by atoms with Crippen molar-refractivity contribution in [1.29, 1.82) is 0 Å². The second-order valence-corrected chi connectivity index (χ2v) is 2.49. The topological polar surface area (TPSA) is 64.3 Å². The number of rotatable bonds is 4. The monoisotopic (exact) mass is 180 g/mol. The fourth-order valence-corrected chi connectivity index (χ4v) is 0.915. The molecule has 13 heavy (non-hydrogen) atoms. The molecule has 0 bridgehead atoms. The summed E-state index contributed by atoms with van der Waals surface area (Å²) in [5.74, 6) is 4.69. The molecule has 0 radical (unpaired) electrons. The van der Waals surface area contributed by atoms with Gasteiger partial charge >= 0.3 is 0 Å². The molecule has 0 atom stereocenters. The van der Waals surface area contributed by atoms with Gasteiger partial charge in [0.15, 0.2) is 0 Å². The van der Waals surface area contributed by atoms with Crippen LogP contribution in [-0.4, -0.2) is 19.1 Å². The Morgan fingerprint density at radius 3 is 2.69 bits per heavy atom. The van der Waals surface area contributed by atoms with Gasteiger partial charge in [0.1, 0.15) is 0 Å². The summed E-state index contributed by atoms with van der Waals surface area (Å²) in [5.41, 5.74) is 0.638. The molecule has 0 aromatic heterocycles. The number of carbonyl (C=O) groups excluding carboxylic acids is 1. The van der Waals surface area contributed by atoms with Gasteiger partial charge in [0.25, 0.3) is 5.91 Å². The fraction of sp³-hybridized carbons (Fsp3) is 0.222. The summed E-state index contributed by atoms with van der Waals surface area (Å²) >= 11 is 0. The Morgan fingerprint density at radius 1 is 1.38 bits per heavy atom. The SMILES string of the molecule is NOCCNC(=O)c1ccccc1. The summed E-state index contributed by atoms with van der Waals surface area (Å²) in [4.78, 5) is 15.6. The van der Waals surface area contributed by atoms with Crippen LogP contribution in [0.1, 0.15) is 10.4 Å². The lowest BCUT2D eigenvalue weighted by Crippen LogP contribution is -2.27. The molecular weight excluding hydrogens is 168 g/mol. The van der Waals surface area contributed by atoms with E-state index in [1.165, 1.54) is 0 Å². The van der Waals surface area contributed by atoms with Crippen LogP contribution in [0.25, 0.3) is 0 Å². The summed E-state index contributed by atoms with van der Waals surface area (Å²) in [6.07, 6.45) is 0. The van der Waals surface area contributed by atoms with Crippen molar-refractivity contribution in [2.45, 2.75) is 0 Å². The molecule has 1 aromatic rings. The number of hydrogen-bond acceptors (Lipinski definition) is 3. The van der Waals surface area contributed by atoms with E-state index in [1.54, 1.807) is 12.1 Å². The van der Waals surface area contributed by atoms with Crippen molar-refractivity contribution in [2.75, 3.05) is 13.2 Å². The van der Waals surface area contributed by atoms with Crippen molar-refractivity contribution in [3.63, 3.8) is 0 Å². The molecule has 0 saturated heterocycles. The molecule has 4 nitrogen and oxygen atoms in total. The summed E-state index contributed by atoms with van der Waals surface area (Å²) in [6, 6.07) is 8.99. The normalized spacial score (nSPS) is 9.62. The van der Waals surface area contributed by atoms with Gasteiger partial charge in [-0.15, -0.1) is 0 Å². The molecule has 4 heteroatoms. The molecule has 0 spiro atoms. The van der Waals surface area contributed by atoms with Crippen molar-refractivity contribution < 1.29 is 9.63 Å². The maximum absolute atomic E-state index is 11.3. The van der Waals surface area contributed by atoms with Crippen LogP contribution in [0.5, 0.6) is 0 Å². The second-order valence-electron chi connectivity index (χ2n) is 2.49. The Morgan fingerprint density at radius 2 is 2.08 bits per heavy atom. The van der Waals surface area contributed by atoms with Crippen molar-refractivity contribution >= 4 is 5.91 Å². The van der Waals surface area contributed by atoms with Gasteiger partial charge in [-0.2, -0.15) is 0 Å². The van der Waals surface area contributed by atoms with Gasteiger partial charge in [0.05, 0.1) is 6.61 Å². The first kappa shape index (κ1) is 9.70. The first-order chi connectivity index (χ1) is 6.34. The molecule has 0 saturated carbocycles. The minimum atomic E-state index is -0.113. The van der Waals surface area contributed by atoms with Crippen molar-refractivity contribution in [1.82, 2.24) is 5.32 Å². The van der Waals surface area contributed by atoms with Gasteiger partial charge in [-0.1, -0.05) is 18.2 Å². The molecule has 0 aliphatic rings. The highest BCUT2D eigenvalue weighted by atomic mass is 16.6. The molecule has 1 amide bonds. The van der Waals surface area contributed by atoms with Crippen LogP contribution in [0.3, 0.4) is 0 Å². The highest BCUT2D eigenvalue weighted by molar-refractivity contribution is 5.94. The molecular formula is C9H12N2O2. The lowest BCUT2D eigenvalue weighted by atomic mass is 10.2. The lowest BCUT2D eigenvalue weighted by molar-refractivity contribution is 0.0917. The van der Waals surface area contributed by atoms with Crippen LogP contribution >= 0.6 is 0 Å². The van der Waals surface area contributed by atoms with Gasteiger partial charge < -0.3 is 10.2 Å². The zero-order valence-corrected chi connectivity index (χ0v) is 7.19. The number of amides is 1. The fourth-order valence-electron chi connectivity index (χ4n) is 0.915. The van der Waals surface area contributed by atoms with E-state index in [0.717, 1.165) is 0 Å². The highest BCUT2D eigenvalue weighted by Gasteiger charge is 2.01. The largest absolute Gasteiger partial charge is 0.350 e. The minimum absolute atomic E-state index is 0.113. The van der Waals surface area contributed by atoms with Crippen LogP contribution < -0.4 is 11.2 Å². The van der Waals surface area contributed by atoms with Crippen LogP contribution in [-0.2, 0) is 4.84 Å². The smallest absolute Gasteiger partial charge is 0.251 e. The Kier molecular flexibility index (Phi) is 3.95. The van der Waals surface area contributed by atoms with Gasteiger partial charge in [0, 0.05) is 12.1 Å². The summed E-state index contributed by atoms with van der Waals surface area (Å²) < 4.78 is 0. The first-order valence-electron chi connectivity index (χ1n) is 3.99. The lowest BCUT2D eigenvalue weighted by Gasteiger charge is -2.02. The second kappa shape index (κ2) is 5.29. The van der Waals surface area contributed by atoms with E-state index in [1.807, 2.05) is 18.2 Å². The van der Waals surface area contributed by atoms with Crippen LogP contribution in [0.15, 0.2) is 30.3 Å². The third kappa shape index (κ3) is 3.23. The van der Waals surface area contributed by atoms with Gasteiger partial charge in [-0.05, 0) is 12.1 Å². The van der Waals surface area contributed by atoms with Crippen molar-refractivity contribution in [2.24, 2.45) is 5.90 Å². The third-order valence-corrected chi connectivity index (χ3v) is 1.54. The molecule has 0 heterocycles. The summed E-state index contributed by atoms with van der Waals surface area (Å²) in [7, 11) is 0. The predicted octanol–water partition coefficient (Wildman–Crippen LogP) is 0.307. The first-order valence-corrected chi connectivity index (χ1v) is 3.99. The maximum atomic E-state index is 11.3. The van der Waals surface area contributed by atoms with E-state index in [9.17, 15) is 4.79 Å². The predicted molar refractivity (Wildman–Crippen MR) is 48.9 cm³/mol. The number of benzene rings is 1. The maximum Gasteiger partial charge on any atom is 0.251 e. The van der Waals surface area contributed by atoms with E-state index in [2.05, 4.69) is 10.2 Å². The minimum Gasteiger partial charge on any atom is -0.350 e. The third-order valence-electron chi connectivity index (χ3n) is 1.54. The van der Waals surface area contributed by atoms with Crippen LogP contribution in [0.2, 0.25) is 0 Å². The Bertz CT molecular complexity index is 262. The quantitative estimate of drug-likeness (QED) is 0.517. The summed E-state index contributed by atoms with van der Waals surface area (Å²) in [6.45, 7) is 0.739. The van der Waals surface area contributed by atoms with Gasteiger partial charge in [-0.3, -0.25) is 4.79 Å². The zero-order chi connectivity index (χ0) is 9.52. The molecule has 0 unspecified atom stereocenters. The average Bonchev–Trinajstić information content (AvgIpc) is 2.19. The number of nitrogens with one attached hydrogen (secondary N) is 1. The van der Waals surface area contributed by atoms with E-state index in [-0.39, 0.29) is 5.91 Å². The average molecular weight is 180 g/mol. The molecule has 0 fully saturated rings. The Hall–Kier alpha value is -1.39. The standard InChI is InChI=1S/C9H12N2O2/c10-13-7-6-11-9(12)8-4-2-1-3-5-8/h1-5H,6-7,10H2,(H,11,12). The number of carbonyl (C=O) groups is 1. The van der Waals surface area contributed by atoms with Crippen LogP contribution in [0, 0.1) is 0 Å². The zero-order valence-electron chi connectivity index (χ0n) is 7.19. The van der Waals surface area contributed by atoms with Crippen molar-refractivity contribution in [3.05, 3.63) is 35.9 Å². The van der Waals surface area contributed by atoms with E-state index in [0.29, 0.717) is 18.7 Å². The van der Waals surface area contributed by atoms with Gasteiger partial charge in [0.2, 0.25) is 0 Å². The molecule has 70 valence electrons. The number of hydrogen-bond donors (Lipinski definition) is 2. The summed E-state index contributed by atoms with van der Waals surface area (Å²) in [5, 5.41) is 2.66. The molecule has 0 aliphatic heterocycles. The number of nitrogens with two attached hydrogens (primary N) is 1. The Labute approximate surface area is 76.6 Å². The van der Waals surface area contributed by atoms with Crippen LogP contribution in [0.4, 0.5) is 0 Å². The molecule has 0 aliphatic carbocycles. The molecule has 3 N–H and O–H groups in total. The highest BCUT2D eigenvalue weighted by Crippen LogP contribution is 1.96. The molecule has 1 aromatic carbocycles. The van der Waals surface area contributed by atoms with E-state index >= 15 is 0 Å². The van der Waals surface area contributed by atoms with E-state index in [4.69, 9.17) is 5.90 Å². The van der Waals surface area contributed by atoms with Crippen molar-refractivity contribution in [3.8, 4) is 0 Å². The van der Waals surface area contributed by atoms with E-state index < -0.39 is 0 Å². The molecule has 1 rings (SSSR count). The Balaban J connectivity index is 2.40. The van der Waals surface area contributed by atoms with Gasteiger partial charge in [-0.25, -0.2) is 5.90 Å².